The highest BCUT2D eigenvalue weighted by molar-refractivity contribution is 5.95. The molecule has 2 aliphatic heterocycles. The van der Waals surface area contributed by atoms with Crippen molar-refractivity contribution in [2.24, 2.45) is 11.8 Å². The van der Waals surface area contributed by atoms with Gasteiger partial charge < -0.3 is 19.6 Å². The Balaban J connectivity index is 1.58. The number of benzene rings is 2. The van der Waals surface area contributed by atoms with Gasteiger partial charge in [0.1, 0.15) is 11.5 Å². The molecule has 152 valence electrons. The Bertz CT molecular complexity index is 940. The van der Waals surface area contributed by atoms with E-state index in [1.807, 2.05) is 34.1 Å². The third-order valence-corrected chi connectivity index (χ3v) is 6.27. The summed E-state index contributed by atoms with van der Waals surface area (Å²) in [5.74, 6) is 1.33. The Labute approximate surface area is 170 Å². The topological polar surface area (TPSA) is 70.1 Å². The molecule has 2 fully saturated rings. The summed E-state index contributed by atoms with van der Waals surface area (Å²) in [5, 5.41) is 9.96. The highest BCUT2D eigenvalue weighted by Crippen LogP contribution is 2.45. The van der Waals surface area contributed by atoms with Gasteiger partial charge in [0, 0.05) is 44.0 Å². The van der Waals surface area contributed by atoms with Gasteiger partial charge in [-0.05, 0) is 42.3 Å². The van der Waals surface area contributed by atoms with E-state index in [0.717, 1.165) is 16.9 Å². The van der Waals surface area contributed by atoms with Crippen LogP contribution in [-0.2, 0) is 4.79 Å². The number of phenols is 1. The first kappa shape index (κ1) is 19.3. The molecule has 4 rings (SSSR count). The van der Waals surface area contributed by atoms with Gasteiger partial charge in [-0.1, -0.05) is 18.2 Å². The van der Waals surface area contributed by atoms with E-state index in [9.17, 15) is 14.7 Å². The molecule has 2 heterocycles. The highest BCUT2D eigenvalue weighted by atomic mass is 16.5. The zero-order valence-electron chi connectivity index (χ0n) is 17.0. The maximum absolute atomic E-state index is 13.0. The number of carbonyl (C=O) groups excluding carboxylic acids is 2. The molecule has 0 radical (unpaired) electrons. The van der Waals surface area contributed by atoms with E-state index in [1.54, 1.807) is 33.1 Å². The Morgan fingerprint density at radius 1 is 1.07 bits per heavy atom. The average molecular weight is 394 g/mol. The standard InChI is InChI=1S/C23H26N2O4/c1-14-4-5-17(10-21(14)27)23(28)24-11-18-12-25(15(2)26)22(20(18)13-24)16-6-8-19(29-3)9-7-16/h4-10,18,20,22,27H,11-13H2,1-3H3/t18-,20-,22+/m1/s1. The van der Waals surface area contributed by atoms with E-state index >= 15 is 0 Å². The summed E-state index contributed by atoms with van der Waals surface area (Å²) in [6, 6.07) is 12.8. The number of hydrogen-bond acceptors (Lipinski definition) is 4. The molecule has 2 aliphatic rings. The Morgan fingerprint density at radius 2 is 1.79 bits per heavy atom. The number of rotatable bonds is 3. The molecule has 29 heavy (non-hydrogen) atoms. The normalized spacial score (nSPS) is 23.2. The number of aryl methyl sites for hydroxylation is 1. The van der Waals surface area contributed by atoms with Crippen molar-refractivity contribution in [3.05, 3.63) is 59.2 Å². The molecular formula is C23H26N2O4. The largest absolute Gasteiger partial charge is 0.508 e. The molecule has 1 N–H and O–H groups in total. The first-order chi connectivity index (χ1) is 13.9. The molecule has 3 atom stereocenters. The fourth-order valence-corrected chi connectivity index (χ4v) is 4.69. The lowest BCUT2D eigenvalue weighted by atomic mass is 9.89. The summed E-state index contributed by atoms with van der Waals surface area (Å²) in [5.41, 5.74) is 2.31. The van der Waals surface area contributed by atoms with Gasteiger partial charge in [0.25, 0.3) is 5.91 Å². The van der Waals surface area contributed by atoms with Gasteiger partial charge in [-0.3, -0.25) is 9.59 Å². The van der Waals surface area contributed by atoms with Crippen molar-refractivity contribution >= 4 is 11.8 Å². The van der Waals surface area contributed by atoms with Gasteiger partial charge in [-0.25, -0.2) is 0 Å². The van der Waals surface area contributed by atoms with Crippen LogP contribution in [0.2, 0.25) is 0 Å². The predicted molar refractivity (Wildman–Crippen MR) is 109 cm³/mol. The molecule has 2 aromatic rings. The van der Waals surface area contributed by atoms with E-state index in [1.165, 1.54) is 6.07 Å². The number of fused-ring (bicyclic) bond motifs is 1. The van der Waals surface area contributed by atoms with Crippen LogP contribution in [0.5, 0.6) is 11.5 Å². The van der Waals surface area contributed by atoms with Crippen LogP contribution in [0.3, 0.4) is 0 Å². The molecule has 0 unspecified atom stereocenters. The smallest absolute Gasteiger partial charge is 0.254 e. The van der Waals surface area contributed by atoms with E-state index in [0.29, 0.717) is 25.2 Å². The second kappa shape index (κ2) is 7.43. The van der Waals surface area contributed by atoms with E-state index in [-0.39, 0.29) is 35.4 Å². The maximum atomic E-state index is 13.0. The van der Waals surface area contributed by atoms with Gasteiger partial charge in [-0.2, -0.15) is 0 Å². The number of amides is 2. The number of ether oxygens (including phenoxy) is 1. The van der Waals surface area contributed by atoms with Crippen molar-refractivity contribution in [3.8, 4) is 11.5 Å². The summed E-state index contributed by atoms with van der Waals surface area (Å²) in [6.07, 6.45) is 0. The van der Waals surface area contributed by atoms with Gasteiger partial charge in [0.2, 0.25) is 5.91 Å². The van der Waals surface area contributed by atoms with Crippen LogP contribution < -0.4 is 4.74 Å². The fraction of sp³-hybridized carbons (Fsp3) is 0.391. The van der Waals surface area contributed by atoms with Gasteiger partial charge in [-0.15, -0.1) is 0 Å². The van der Waals surface area contributed by atoms with Crippen molar-refractivity contribution in [2.45, 2.75) is 19.9 Å². The zero-order chi connectivity index (χ0) is 20.7. The molecule has 0 bridgehead atoms. The molecule has 0 aromatic heterocycles. The molecule has 2 amide bonds. The lowest BCUT2D eigenvalue weighted by Gasteiger charge is -2.29. The number of phenolic OH excluding ortho intramolecular Hbond substituents is 1. The molecular weight excluding hydrogens is 368 g/mol. The summed E-state index contributed by atoms with van der Waals surface area (Å²) < 4.78 is 5.25. The number of aromatic hydroxyl groups is 1. The lowest BCUT2D eigenvalue weighted by Crippen LogP contribution is -2.36. The number of carbonyl (C=O) groups is 2. The third-order valence-electron chi connectivity index (χ3n) is 6.27. The molecule has 6 nitrogen and oxygen atoms in total. The van der Waals surface area contributed by atoms with E-state index in [4.69, 9.17) is 4.74 Å². The minimum Gasteiger partial charge on any atom is -0.508 e. The SMILES string of the molecule is COc1ccc([C@H]2[C@@H]3CN(C(=O)c4ccc(C)c(O)c4)C[C@@H]3CN2C(C)=O)cc1. The van der Waals surface area contributed by atoms with Crippen LogP contribution in [0.25, 0.3) is 0 Å². The van der Waals surface area contributed by atoms with E-state index in [2.05, 4.69) is 0 Å². The van der Waals surface area contributed by atoms with Crippen molar-refractivity contribution in [3.63, 3.8) is 0 Å². The Morgan fingerprint density at radius 3 is 2.41 bits per heavy atom. The molecule has 2 saturated heterocycles. The van der Waals surface area contributed by atoms with Gasteiger partial charge in [0.05, 0.1) is 13.2 Å². The Hall–Kier alpha value is -3.02. The first-order valence-electron chi connectivity index (χ1n) is 9.89. The molecule has 0 spiro atoms. The third kappa shape index (κ3) is 3.43. The monoisotopic (exact) mass is 394 g/mol. The van der Waals surface area contributed by atoms with Crippen LogP contribution in [0.1, 0.15) is 34.5 Å². The van der Waals surface area contributed by atoms with Crippen molar-refractivity contribution < 1.29 is 19.4 Å². The highest BCUT2D eigenvalue weighted by Gasteiger charge is 2.49. The van der Waals surface area contributed by atoms with Crippen LogP contribution in [0.15, 0.2) is 42.5 Å². The molecule has 0 saturated carbocycles. The van der Waals surface area contributed by atoms with Gasteiger partial charge >= 0.3 is 0 Å². The minimum absolute atomic E-state index is 0.0485. The van der Waals surface area contributed by atoms with Crippen LogP contribution in [0.4, 0.5) is 0 Å². The van der Waals surface area contributed by atoms with Crippen molar-refractivity contribution in [1.29, 1.82) is 0 Å². The first-order valence-corrected chi connectivity index (χ1v) is 9.89. The number of hydrogen-bond donors (Lipinski definition) is 1. The molecule has 0 aliphatic carbocycles. The molecule has 6 heteroatoms. The lowest BCUT2D eigenvalue weighted by molar-refractivity contribution is -0.130. The zero-order valence-corrected chi connectivity index (χ0v) is 17.0. The Kier molecular flexibility index (Phi) is 4.94. The second-order valence-electron chi connectivity index (χ2n) is 8.02. The van der Waals surface area contributed by atoms with E-state index < -0.39 is 0 Å². The van der Waals surface area contributed by atoms with Crippen molar-refractivity contribution in [2.75, 3.05) is 26.7 Å². The summed E-state index contributed by atoms with van der Waals surface area (Å²) in [7, 11) is 1.63. The quantitative estimate of drug-likeness (QED) is 0.869. The number of likely N-dealkylation sites (tertiary alicyclic amines) is 2. The van der Waals surface area contributed by atoms with Crippen LogP contribution in [0, 0.1) is 18.8 Å². The van der Waals surface area contributed by atoms with Crippen LogP contribution >= 0.6 is 0 Å². The average Bonchev–Trinajstić information content (AvgIpc) is 3.28. The van der Waals surface area contributed by atoms with Crippen LogP contribution in [-0.4, -0.2) is 53.5 Å². The van der Waals surface area contributed by atoms with Gasteiger partial charge in [0.15, 0.2) is 0 Å². The number of nitrogens with zero attached hydrogens (tertiary/aromatic N) is 2. The molecule has 2 aromatic carbocycles. The predicted octanol–water partition coefficient (Wildman–Crippen LogP) is 3.00. The summed E-state index contributed by atoms with van der Waals surface area (Å²) in [4.78, 5) is 29.1. The number of methoxy groups -OCH3 is 1. The minimum atomic E-state index is -0.0717. The van der Waals surface area contributed by atoms with Crippen molar-refractivity contribution in [1.82, 2.24) is 9.80 Å². The summed E-state index contributed by atoms with van der Waals surface area (Å²) in [6.45, 7) is 5.28. The second-order valence-corrected chi connectivity index (χ2v) is 8.02. The maximum Gasteiger partial charge on any atom is 0.254 e. The fourth-order valence-electron chi connectivity index (χ4n) is 4.69. The summed E-state index contributed by atoms with van der Waals surface area (Å²) >= 11 is 0.